The lowest BCUT2D eigenvalue weighted by Gasteiger charge is -2.14. The van der Waals surface area contributed by atoms with Crippen LogP contribution in [0.25, 0.3) is 0 Å². The molecule has 4 N–H and O–H groups in total. The largest absolute Gasteiger partial charge is 0.383 e. The van der Waals surface area contributed by atoms with E-state index in [-0.39, 0.29) is 0 Å². The average Bonchev–Trinajstić information content (AvgIpc) is 2.28. The Morgan fingerprint density at radius 3 is 2.78 bits per heavy atom. The van der Waals surface area contributed by atoms with E-state index in [0.717, 1.165) is 30.4 Å². The molecular formula is C12H23N5O. The second-order valence-electron chi connectivity index (χ2n) is 4.23. The van der Waals surface area contributed by atoms with Gasteiger partial charge < -0.3 is 21.1 Å². The summed E-state index contributed by atoms with van der Waals surface area (Å²) in [4.78, 5) is 8.67. The van der Waals surface area contributed by atoms with Crippen LogP contribution in [0, 0.1) is 6.92 Å². The molecule has 1 rings (SSSR count). The van der Waals surface area contributed by atoms with E-state index < -0.39 is 0 Å². The molecule has 0 spiro atoms. The van der Waals surface area contributed by atoms with Gasteiger partial charge in [0, 0.05) is 25.8 Å². The van der Waals surface area contributed by atoms with Gasteiger partial charge in [-0.3, -0.25) is 0 Å². The first-order valence-electron chi connectivity index (χ1n) is 6.20. The number of hydrogen-bond donors (Lipinski definition) is 3. The number of methoxy groups -OCH3 is 1. The molecule has 1 aromatic heterocycles. The molecule has 6 heteroatoms. The Bertz CT molecular complexity index is 358. The summed E-state index contributed by atoms with van der Waals surface area (Å²) < 4.78 is 4.99. The number of aryl methyl sites for hydroxylation is 1. The van der Waals surface area contributed by atoms with E-state index in [1.165, 1.54) is 0 Å². The first-order valence-corrected chi connectivity index (χ1v) is 6.20. The van der Waals surface area contributed by atoms with Gasteiger partial charge in [0.25, 0.3) is 0 Å². The van der Waals surface area contributed by atoms with Gasteiger partial charge in [-0.2, -0.15) is 0 Å². The van der Waals surface area contributed by atoms with Crippen LogP contribution in [0.5, 0.6) is 0 Å². The van der Waals surface area contributed by atoms with E-state index in [2.05, 4.69) is 27.5 Å². The predicted molar refractivity (Wildman–Crippen MR) is 73.9 cm³/mol. The topological polar surface area (TPSA) is 85.1 Å². The molecule has 0 bridgehead atoms. The molecule has 0 amide bonds. The van der Waals surface area contributed by atoms with E-state index in [9.17, 15) is 0 Å². The number of rotatable bonds is 8. The van der Waals surface area contributed by atoms with Gasteiger partial charge in [0.05, 0.1) is 6.61 Å². The molecule has 0 fully saturated rings. The summed E-state index contributed by atoms with van der Waals surface area (Å²) in [6.07, 6.45) is 0.912. The van der Waals surface area contributed by atoms with Crippen LogP contribution in [0.15, 0.2) is 6.07 Å². The molecule has 0 saturated heterocycles. The number of hydrogen-bond acceptors (Lipinski definition) is 6. The average molecular weight is 253 g/mol. The van der Waals surface area contributed by atoms with Crippen LogP contribution in [0.2, 0.25) is 0 Å². The van der Waals surface area contributed by atoms with E-state index in [4.69, 9.17) is 10.5 Å². The molecule has 0 aliphatic carbocycles. The van der Waals surface area contributed by atoms with Crippen LogP contribution in [-0.2, 0) is 4.74 Å². The monoisotopic (exact) mass is 253 g/mol. The summed E-state index contributed by atoms with van der Waals surface area (Å²) >= 11 is 0. The fraction of sp³-hybridized carbons (Fsp3) is 0.667. The molecule has 1 aromatic rings. The highest BCUT2D eigenvalue weighted by molar-refractivity contribution is 5.47. The smallest absolute Gasteiger partial charge is 0.132 e. The Hall–Kier alpha value is -1.40. The summed E-state index contributed by atoms with van der Waals surface area (Å²) in [5.74, 6) is 2.37. The molecule has 18 heavy (non-hydrogen) atoms. The second-order valence-corrected chi connectivity index (χ2v) is 4.23. The third-order valence-corrected chi connectivity index (χ3v) is 2.44. The molecule has 102 valence electrons. The van der Waals surface area contributed by atoms with Gasteiger partial charge in [-0.05, 0) is 26.8 Å². The van der Waals surface area contributed by atoms with Crippen molar-refractivity contribution >= 4 is 11.6 Å². The van der Waals surface area contributed by atoms with E-state index in [1.54, 1.807) is 7.11 Å². The SMILES string of the molecule is COCCNc1cc(NC(C)CCN)nc(C)n1. The van der Waals surface area contributed by atoms with Gasteiger partial charge >= 0.3 is 0 Å². The summed E-state index contributed by atoms with van der Waals surface area (Å²) in [5.41, 5.74) is 5.52. The standard InChI is InChI=1S/C12H23N5O/c1-9(4-5-13)15-12-8-11(14-6-7-18-3)16-10(2)17-12/h8-9H,4-7,13H2,1-3H3,(H2,14,15,16,17). The zero-order valence-corrected chi connectivity index (χ0v) is 11.4. The van der Waals surface area contributed by atoms with Crippen molar-refractivity contribution in [3.8, 4) is 0 Å². The van der Waals surface area contributed by atoms with Crippen molar-refractivity contribution in [3.05, 3.63) is 11.9 Å². The molecule has 6 nitrogen and oxygen atoms in total. The Labute approximate surface area is 108 Å². The quantitative estimate of drug-likeness (QED) is 0.599. The van der Waals surface area contributed by atoms with Crippen molar-refractivity contribution < 1.29 is 4.74 Å². The lowest BCUT2D eigenvalue weighted by molar-refractivity contribution is 0.210. The van der Waals surface area contributed by atoms with Crippen LogP contribution < -0.4 is 16.4 Å². The van der Waals surface area contributed by atoms with Crippen molar-refractivity contribution in [2.24, 2.45) is 5.73 Å². The Balaban J connectivity index is 2.62. The van der Waals surface area contributed by atoms with Crippen LogP contribution in [-0.4, -0.2) is 42.8 Å². The highest BCUT2D eigenvalue weighted by Gasteiger charge is 2.05. The zero-order valence-electron chi connectivity index (χ0n) is 11.4. The molecule has 0 radical (unpaired) electrons. The number of anilines is 2. The van der Waals surface area contributed by atoms with Gasteiger partial charge in [0.15, 0.2) is 0 Å². The lowest BCUT2D eigenvalue weighted by atomic mass is 10.2. The van der Waals surface area contributed by atoms with Gasteiger partial charge in [-0.15, -0.1) is 0 Å². The number of aromatic nitrogens is 2. The van der Waals surface area contributed by atoms with Gasteiger partial charge in [-0.1, -0.05) is 0 Å². The number of nitrogens with two attached hydrogens (primary N) is 1. The molecule has 1 heterocycles. The molecule has 0 aliphatic heterocycles. The van der Waals surface area contributed by atoms with E-state index >= 15 is 0 Å². The Morgan fingerprint density at radius 2 is 2.11 bits per heavy atom. The third kappa shape index (κ3) is 5.29. The van der Waals surface area contributed by atoms with Crippen molar-refractivity contribution in [2.75, 3.05) is 37.4 Å². The van der Waals surface area contributed by atoms with Gasteiger partial charge in [0.2, 0.25) is 0 Å². The highest BCUT2D eigenvalue weighted by Crippen LogP contribution is 2.12. The van der Waals surface area contributed by atoms with Gasteiger partial charge in [0.1, 0.15) is 17.5 Å². The minimum absolute atomic E-state index is 0.302. The summed E-state index contributed by atoms with van der Waals surface area (Å²) in [6, 6.07) is 2.20. The number of nitrogens with one attached hydrogen (secondary N) is 2. The fourth-order valence-electron chi connectivity index (χ4n) is 1.59. The minimum Gasteiger partial charge on any atom is -0.383 e. The van der Waals surface area contributed by atoms with E-state index in [0.29, 0.717) is 19.2 Å². The molecule has 1 atom stereocenters. The van der Waals surface area contributed by atoms with E-state index in [1.807, 2.05) is 13.0 Å². The van der Waals surface area contributed by atoms with Crippen molar-refractivity contribution in [3.63, 3.8) is 0 Å². The Kier molecular flexibility index (Phi) is 6.38. The highest BCUT2D eigenvalue weighted by atomic mass is 16.5. The zero-order chi connectivity index (χ0) is 13.4. The molecular weight excluding hydrogens is 230 g/mol. The Morgan fingerprint density at radius 1 is 1.39 bits per heavy atom. The van der Waals surface area contributed by atoms with Crippen LogP contribution >= 0.6 is 0 Å². The van der Waals surface area contributed by atoms with Crippen LogP contribution in [0.1, 0.15) is 19.2 Å². The van der Waals surface area contributed by atoms with Gasteiger partial charge in [-0.25, -0.2) is 9.97 Å². The fourth-order valence-corrected chi connectivity index (χ4v) is 1.59. The minimum atomic E-state index is 0.302. The summed E-state index contributed by atoms with van der Waals surface area (Å²) in [6.45, 7) is 6.00. The molecule has 0 aliphatic rings. The second kappa shape index (κ2) is 7.84. The third-order valence-electron chi connectivity index (χ3n) is 2.44. The van der Waals surface area contributed by atoms with Crippen LogP contribution in [0.4, 0.5) is 11.6 Å². The molecule has 0 aromatic carbocycles. The molecule has 0 saturated carbocycles. The summed E-state index contributed by atoms with van der Waals surface area (Å²) in [7, 11) is 1.67. The van der Waals surface area contributed by atoms with Crippen molar-refractivity contribution in [1.29, 1.82) is 0 Å². The maximum Gasteiger partial charge on any atom is 0.132 e. The lowest BCUT2D eigenvalue weighted by Crippen LogP contribution is -2.20. The maximum atomic E-state index is 5.52. The van der Waals surface area contributed by atoms with Crippen LogP contribution in [0.3, 0.4) is 0 Å². The predicted octanol–water partition coefficient (Wildman–Crippen LogP) is 0.993. The summed E-state index contributed by atoms with van der Waals surface area (Å²) in [5, 5.41) is 6.50. The first-order chi connectivity index (χ1) is 8.65. The molecule has 1 unspecified atom stereocenters. The first kappa shape index (κ1) is 14.7. The number of ether oxygens (including phenoxy) is 1. The maximum absolute atomic E-state index is 5.52. The normalized spacial score (nSPS) is 12.2. The van der Waals surface area contributed by atoms with Crippen molar-refractivity contribution in [2.45, 2.75) is 26.3 Å². The van der Waals surface area contributed by atoms with Crippen molar-refractivity contribution in [1.82, 2.24) is 9.97 Å². The number of nitrogens with zero attached hydrogens (tertiary/aromatic N) is 2.